The number of benzene rings is 2. The SMILES string of the molecule is COc1ccccc1Nc1nc(N)nc(CSCC(=O)Nc2ccc(Cl)cc2)n1. The summed E-state index contributed by atoms with van der Waals surface area (Å²) in [7, 11) is 1.58. The third-order valence-electron chi connectivity index (χ3n) is 3.64. The number of hydrogen-bond acceptors (Lipinski definition) is 8. The largest absolute Gasteiger partial charge is 0.495 e. The summed E-state index contributed by atoms with van der Waals surface area (Å²) in [4.78, 5) is 24.6. The Hall–Kier alpha value is -3.04. The van der Waals surface area contributed by atoms with Gasteiger partial charge in [0.2, 0.25) is 17.8 Å². The number of anilines is 4. The van der Waals surface area contributed by atoms with Crippen LogP contribution in [0.25, 0.3) is 0 Å². The van der Waals surface area contributed by atoms with E-state index in [4.69, 9.17) is 22.1 Å². The van der Waals surface area contributed by atoms with Gasteiger partial charge in [0, 0.05) is 10.7 Å². The predicted octanol–water partition coefficient (Wildman–Crippen LogP) is 3.73. The summed E-state index contributed by atoms with van der Waals surface area (Å²) in [6.07, 6.45) is 0. The van der Waals surface area contributed by atoms with Gasteiger partial charge in [-0.05, 0) is 36.4 Å². The Morgan fingerprint density at radius 1 is 1.14 bits per heavy atom. The number of methoxy groups -OCH3 is 1. The summed E-state index contributed by atoms with van der Waals surface area (Å²) >= 11 is 7.20. The van der Waals surface area contributed by atoms with Gasteiger partial charge in [0.05, 0.1) is 24.3 Å². The first kappa shape index (κ1) is 20.7. The second-order valence-electron chi connectivity index (χ2n) is 5.81. The van der Waals surface area contributed by atoms with Crippen LogP contribution >= 0.6 is 23.4 Å². The first-order valence-electron chi connectivity index (χ1n) is 8.57. The van der Waals surface area contributed by atoms with E-state index in [1.165, 1.54) is 11.8 Å². The lowest BCUT2D eigenvalue weighted by atomic mass is 10.3. The lowest BCUT2D eigenvalue weighted by Gasteiger charge is -2.10. The van der Waals surface area contributed by atoms with Gasteiger partial charge in [0.15, 0.2) is 0 Å². The van der Waals surface area contributed by atoms with Crippen LogP contribution in [0.2, 0.25) is 5.02 Å². The zero-order chi connectivity index (χ0) is 20.6. The monoisotopic (exact) mass is 430 g/mol. The second-order valence-corrected chi connectivity index (χ2v) is 7.23. The van der Waals surface area contributed by atoms with E-state index in [1.54, 1.807) is 31.4 Å². The Labute approximate surface area is 177 Å². The van der Waals surface area contributed by atoms with Crippen LogP contribution in [-0.2, 0) is 10.5 Å². The summed E-state index contributed by atoms with van der Waals surface area (Å²) in [6, 6.07) is 14.3. The number of nitrogens with two attached hydrogens (primary N) is 1. The Morgan fingerprint density at radius 2 is 1.90 bits per heavy atom. The van der Waals surface area contributed by atoms with E-state index in [9.17, 15) is 4.79 Å². The van der Waals surface area contributed by atoms with Crippen molar-refractivity contribution >= 4 is 52.5 Å². The first-order chi connectivity index (χ1) is 14.0. The molecule has 0 radical (unpaired) electrons. The molecule has 3 aromatic rings. The molecule has 1 heterocycles. The topological polar surface area (TPSA) is 115 Å². The minimum absolute atomic E-state index is 0.0959. The fourth-order valence-corrected chi connectivity index (χ4v) is 3.19. The normalized spacial score (nSPS) is 10.4. The van der Waals surface area contributed by atoms with Gasteiger partial charge in [0.25, 0.3) is 0 Å². The van der Waals surface area contributed by atoms with Crippen LogP contribution in [0.5, 0.6) is 5.75 Å². The number of ether oxygens (including phenoxy) is 1. The molecular formula is C19H19ClN6O2S. The van der Waals surface area contributed by atoms with Gasteiger partial charge >= 0.3 is 0 Å². The van der Waals surface area contributed by atoms with Crippen molar-refractivity contribution in [3.8, 4) is 5.75 Å². The number of rotatable bonds is 8. The maximum absolute atomic E-state index is 12.1. The van der Waals surface area contributed by atoms with E-state index >= 15 is 0 Å². The van der Waals surface area contributed by atoms with Crippen LogP contribution in [0.3, 0.4) is 0 Å². The summed E-state index contributed by atoms with van der Waals surface area (Å²) < 4.78 is 5.30. The minimum Gasteiger partial charge on any atom is -0.495 e. The Balaban J connectivity index is 1.57. The molecule has 150 valence electrons. The van der Waals surface area contributed by atoms with Crippen LogP contribution in [0.1, 0.15) is 5.82 Å². The highest BCUT2D eigenvalue weighted by atomic mass is 35.5. The van der Waals surface area contributed by atoms with Crippen molar-refractivity contribution in [3.63, 3.8) is 0 Å². The van der Waals surface area contributed by atoms with E-state index in [-0.39, 0.29) is 17.6 Å². The molecule has 1 amide bonds. The van der Waals surface area contributed by atoms with Crippen LogP contribution in [-0.4, -0.2) is 33.7 Å². The first-order valence-corrected chi connectivity index (χ1v) is 10.1. The summed E-state index contributed by atoms with van der Waals surface area (Å²) in [5.41, 5.74) is 7.19. The second kappa shape index (κ2) is 9.94. The molecule has 0 bridgehead atoms. The Bertz CT molecular complexity index is 987. The van der Waals surface area contributed by atoms with Crippen molar-refractivity contribution in [3.05, 3.63) is 59.4 Å². The maximum Gasteiger partial charge on any atom is 0.234 e. The molecule has 0 atom stereocenters. The summed E-state index contributed by atoms with van der Waals surface area (Å²) in [5.74, 6) is 2.04. The van der Waals surface area contributed by atoms with E-state index < -0.39 is 0 Å². The van der Waals surface area contributed by atoms with E-state index in [0.717, 1.165) is 0 Å². The Kier molecular flexibility index (Phi) is 7.09. The highest BCUT2D eigenvalue weighted by Gasteiger charge is 2.09. The molecule has 1 aromatic heterocycles. The summed E-state index contributed by atoms with van der Waals surface area (Å²) in [5, 5.41) is 6.49. The molecule has 0 saturated heterocycles. The zero-order valence-corrected chi connectivity index (χ0v) is 17.1. The molecule has 4 N–H and O–H groups in total. The van der Waals surface area contributed by atoms with E-state index in [0.29, 0.717) is 39.7 Å². The van der Waals surface area contributed by atoms with Gasteiger partial charge in [-0.15, -0.1) is 11.8 Å². The van der Waals surface area contributed by atoms with Gasteiger partial charge in [-0.2, -0.15) is 15.0 Å². The lowest BCUT2D eigenvalue weighted by Crippen LogP contribution is -2.14. The summed E-state index contributed by atoms with van der Waals surface area (Å²) in [6.45, 7) is 0. The fraction of sp³-hybridized carbons (Fsp3) is 0.158. The molecule has 2 aromatic carbocycles. The van der Waals surface area contributed by atoms with Crippen LogP contribution < -0.4 is 21.1 Å². The molecule has 0 unspecified atom stereocenters. The molecule has 3 rings (SSSR count). The smallest absolute Gasteiger partial charge is 0.234 e. The predicted molar refractivity (Wildman–Crippen MR) is 117 cm³/mol. The minimum atomic E-state index is -0.133. The number of amides is 1. The van der Waals surface area contributed by atoms with Crippen LogP contribution in [0.4, 0.5) is 23.3 Å². The number of thioether (sulfide) groups is 1. The highest BCUT2D eigenvalue weighted by molar-refractivity contribution is 7.99. The molecule has 0 saturated carbocycles. The number of nitrogen functional groups attached to an aromatic ring is 1. The molecule has 29 heavy (non-hydrogen) atoms. The molecule has 0 fully saturated rings. The number of hydrogen-bond donors (Lipinski definition) is 3. The van der Waals surface area contributed by atoms with Gasteiger partial charge in [0.1, 0.15) is 11.6 Å². The maximum atomic E-state index is 12.1. The fourth-order valence-electron chi connectivity index (χ4n) is 2.39. The number of nitrogens with zero attached hydrogens (tertiary/aromatic N) is 3. The molecule has 8 nitrogen and oxygen atoms in total. The third kappa shape index (κ3) is 6.23. The van der Waals surface area contributed by atoms with Gasteiger partial charge in [-0.1, -0.05) is 23.7 Å². The van der Waals surface area contributed by atoms with Gasteiger partial charge < -0.3 is 21.1 Å². The molecule has 0 aliphatic carbocycles. The van der Waals surface area contributed by atoms with Crippen molar-refractivity contribution in [2.24, 2.45) is 0 Å². The highest BCUT2D eigenvalue weighted by Crippen LogP contribution is 2.26. The van der Waals surface area contributed by atoms with E-state index in [1.807, 2.05) is 24.3 Å². The zero-order valence-electron chi connectivity index (χ0n) is 15.6. The molecule has 0 aliphatic rings. The lowest BCUT2D eigenvalue weighted by molar-refractivity contribution is -0.113. The van der Waals surface area contributed by atoms with E-state index in [2.05, 4.69) is 25.6 Å². The van der Waals surface area contributed by atoms with Crippen molar-refractivity contribution in [2.75, 3.05) is 29.2 Å². The number of para-hydroxylation sites is 2. The van der Waals surface area contributed by atoms with Crippen LogP contribution in [0, 0.1) is 0 Å². The average molecular weight is 431 g/mol. The molecular weight excluding hydrogens is 412 g/mol. The number of carbonyl (C=O) groups is 1. The number of nitrogens with one attached hydrogen (secondary N) is 2. The quantitative estimate of drug-likeness (QED) is 0.495. The number of carbonyl (C=O) groups excluding carboxylic acids is 1. The Morgan fingerprint density at radius 3 is 2.66 bits per heavy atom. The average Bonchev–Trinajstić information content (AvgIpc) is 2.70. The van der Waals surface area contributed by atoms with Crippen molar-refractivity contribution in [2.45, 2.75) is 5.75 Å². The number of halogens is 1. The van der Waals surface area contributed by atoms with Crippen molar-refractivity contribution < 1.29 is 9.53 Å². The number of aromatic nitrogens is 3. The van der Waals surface area contributed by atoms with Crippen molar-refractivity contribution in [1.29, 1.82) is 0 Å². The standard InChI is InChI=1S/C19H19ClN6O2S/c1-28-15-5-3-2-4-14(15)23-19-25-16(24-18(21)26-19)10-29-11-17(27)22-13-8-6-12(20)7-9-13/h2-9H,10-11H2,1H3,(H,22,27)(H3,21,23,24,25,26). The van der Waals surface area contributed by atoms with Crippen LogP contribution in [0.15, 0.2) is 48.5 Å². The van der Waals surface area contributed by atoms with Gasteiger partial charge in [-0.3, -0.25) is 4.79 Å². The van der Waals surface area contributed by atoms with Crippen molar-refractivity contribution in [1.82, 2.24) is 15.0 Å². The molecule has 0 aliphatic heterocycles. The molecule has 10 heteroatoms. The molecule has 0 spiro atoms. The van der Waals surface area contributed by atoms with Gasteiger partial charge in [-0.25, -0.2) is 0 Å². The third-order valence-corrected chi connectivity index (χ3v) is 4.83.